The van der Waals surface area contributed by atoms with Crippen molar-refractivity contribution in [2.45, 2.75) is 19.3 Å². The van der Waals surface area contributed by atoms with Crippen molar-refractivity contribution in [3.05, 3.63) is 35.9 Å². The zero-order chi connectivity index (χ0) is 12.8. The van der Waals surface area contributed by atoms with Gasteiger partial charge in [-0.25, -0.2) is 4.98 Å². The molecule has 2 heterocycles. The van der Waals surface area contributed by atoms with Crippen LogP contribution in [0.4, 0.5) is 5.69 Å². The molecule has 0 saturated carbocycles. The molecule has 1 aromatic heterocycles. The summed E-state index contributed by atoms with van der Waals surface area (Å²) in [4.78, 5) is 3.99. The van der Waals surface area contributed by atoms with Crippen LogP contribution in [0, 0.1) is 0 Å². The second-order valence-corrected chi connectivity index (χ2v) is 6.14. The fourth-order valence-electron chi connectivity index (χ4n) is 1.62. The summed E-state index contributed by atoms with van der Waals surface area (Å²) in [6.07, 6.45) is 9.61. The van der Waals surface area contributed by atoms with E-state index in [2.05, 4.69) is 41.9 Å². The van der Waals surface area contributed by atoms with E-state index < -0.39 is 0 Å². The number of hydrogen-bond donors (Lipinski definition) is 0. The number of pyridine rings is 1. The van der Waals surface area contributed by atoms with Gasteiger partial charge in [0.2, 0.25) is 0 Å². The molecule has 0 amide bonds. The molecular formula is C12H15BrClN3S. The number of hydrogen-bond acceptors (Lipinski definition) is 4. The minimum atomic E-state index is 0.525. The monoisotopic (exact) mass is 347 g/mol. The first-order valence-corrected chi connectivity index (χ1v) is 8.12. The van der Waals surface area contributed by atoms with Crippen molar-refractivity contribution in [1.82, 2.24) is 9.29 Å². The molecule has 0 N–H and O–H groups in total. The molecule has 0 unspecified atom stereocenters. The summed E-state index contributed by atoms with van der Waals surface area (Å²) in [6, 6.07) is 3.82. The molecule has 18 heavy (non-hydrogen) atoms. The van der Waals surface area contributed by atoms with Crippen LogP contribution in [-0.4, -0.2) is 21.2 Å². The summed E-state index contributed by atoms with van der Waals surface area (Å²) < 4.78 is 4.33. The zero-order valence-electron chi connectivity index (χ0n) is 9.93. The predicted molar refractivity (Wildman–Crippen MR) is 82.8 cm³/mol. The van der Waals surface area contributed by atoms with Crippen molar-refractivity contribution in [3.63, 3.8) is 0 Å². The summed E-state index contributed by atoms with van der Waals surface area (Å²) in [5.41, 5.74) is 1.05. The van der Waals surface area contributed by atoms with Gasteiger partial charge in [-0.1, -0.05) is 34.0 Å². The molecule has 2 rings (SSSR count). The van der Waals surface area contributed by atoms with E-state index in [1.54, 1.807) is 18.3 Å². The van der Waals surface area contributed by atoms with Crippen molar-refractivity contribution in [2.24, 2.45) is 0 Å². The van der Waals surface area contributed by atoms with Gasteiger partial charge in [0.15, 0.2) is 0 Å². The fraction of sp³-hybridized carbons (Fsp3) is 0.417. The van der Waals surface area contributed by atoms with Gasteiger partial charge >= 0.3 is 0 Å². The second kappa shape index (κ2) is 7.26. The lowest BCUT2D eigenvalue weighted by Gasteiger charge is -2.18. The minimum Gasteiger partial charge on any atom is -0.304 e. The molecule has 0 aromatic carbocycles. The number of alkyl halides is 1. The average molecular weight is 349 g/mol. The Morgan fingerprint density at radius 1 is 1.28 bits per heavy atom. The van der Waals surface area contributed by atoms with E-state index in [-0.39, 0.29) is 0 Å². The first-order valence-electron chi connectivity index (χ1n) is 5.89. The van der Waals surface area contributed by atoms with E-state index in [1.165, 1.54) is 19.3 Å². The maximum Gasteiger partial charge on any atom is 0.131 e. The van der Waals surface area contributed by atoms with Crippen LogP contribution in [0.2, 0.25) is 5.15 Å². The Labute approximate surface area is 126 Å². The third-order valence-corrected chi connectivity index (χ3v) is 4.33. The highest BCUT2D eigenvalue weighted by atomic mass is 79.9. The molecule has 0 bridgehead atoms. The van der Waals surface area contributed by atoms with Crippen molar-refractivity contribution in [3.8, 4) is 0 Å². The highest BCUT2D eigenvalue weighted by Gasteiger charge is 2.15. The fourth-order valence-corrected chi connectivity index (χ4v) is 3.05. The summed E-state index contributed by atoms with van der Waals surface area (Å²) in [6.45, 7) is 1.07. The minimum absolute atomic E-state index is 0.525. The molecule has 0 spiro atoms. The van der Waals surface area contributed by atoms with Gasteiger partial charge in [-0.3, -0.25) is 4.31 Å². The highest BCUT2D eigenvalue weighted by molar-refractivity contribution is 9.09. The van der Waals surface area contributed by atoms with Crippen LogP contribution in [-0.2, 0) is 0 Å². The number of aromatic nitrogens is 1. The number of halogens is 2. The van der Waals surface area contributed by atoms with Gasteiger partial charge in [-0.2, -0.15) is 0 Å². The number of unbranched alkanes of at least 4 members (excludes halogenated alkanes) is 2. The molecule has 98 valence electrons. The Bertz CT molecular complexity index is 416. The van der Waals surface area contributed by atoms with Gasteiger partial charge < -0.3 is 4.31 Å². The molecule has 3 nitrogen and oxygen atoms in total. The van der Waals surface area contributed by atoms with Crippen LogP contribution in [0.15, 0.2) is 30.7 Å². The molecule has 1 aliphatic rings. The first-order chi connectivity index (χ1) is 8.79. The number of nitrogens with zero attached hydrogens (tertiary/aromatic N) is 3. The maximum atomic E-state index is 5.89. The van der Waals surface area contributed by atoms with Crippen molar-refractivity contribution >= 4 is 45.4 Å². The standard InChI is InChI=1S/C12H15BrClN3S/c13-5-2-1-3-7-16-8-9-17(18-16)11-4-6-15-12(14)10-11/h4,6,8-10H,1-3,5,7H2. The molecule has 0 radical (unpaired) electrons. The maximum absolute atomic E-state index is 5.89. The molecule has 0 fully saturated rings. The van der Waals surface area contributed by atoms with Gasteiger partial charge in [0.05, 0.1) is 17.8 Å². The predicted octanol–water partition coefficient (Wildman–Crippen LogP) is 4.46. The van der Waals surface area contributed by atoms with Crippen molar-refractivity contribution < 1.29 is 0 Å². The van der Waals surface area contributed by atoms with E-state index in [0.717, 1.165) is 17.6 Å². The summed E-state index contributed by atoms with van der Waals surface area (Å²) >= 11 is 11.0. The van der Waals surface area contributed by atoms with E-state index >= 15 is 0 Å². The van der Waals surface area contributed by atoms with Crippen LogP contribution in [0.25, 0.3) is 0 Å². The van der Waals surface area contributed by atoms with Crippen LogP contribution < -0.4 is 4.31 Å². The highest BCUT2D eigenvalue weighted by Crippen LogP contribution is 2.31. The van der Waals surface area contributed by atoms with Crippen LogP contribution in [0.5, 0.6) is 0 Å². The molecule has 1 aromatic rings. The Kier molecular flexibility index (Phi) is 5.66. The second-order valence-electron chi connectivity index (χ2n) is 3.93. The third kappa shape index (κ3) is 4.07. The summed E-state index contributed by atoms with van der Waals surface area (Å²) in [5, 5.41) is 1.62. The average Bonchev–Trinajstić information content (AvgIpc) is 2.83. The molecule has 1 aliphatic heterocycles. The molecule has 0 aliphatic carbocycles. The van der Waals surface area contributed by atoms with E-state index in [0.29, 0.717) is 5.15 Å². The SMILES string of the molecule is Clc1cc(N2C=CN(CCCCCBr)S2)ccn1. The molecular weight excluding hydrogens is 334 g/mol. The molecule has 0 atom stereocenters. The van der Waals surface area contributed by atoms with Gasteiger partial charge in [-0.15, -0.1) is 0 Å². The van der Waals surface area contributed by atoms with Gasteiger partial charge in [0, 0.05) is 36.5 Å². The molecule has 0 saturated heterocycles. The molecule has 6 heteroatoms. The van der Waals surface area contributed by atoms with Crippen LogP contribution >= 0.6 is 39.7 Å². The largest absolute Gasteiger partial charge is 0.304 e. The topological polar surface area (TPSA) is 19.4 Å². The lowest BCUT2D eigenvalue weighted by molar-refractivity contribution is 0.568. The van der Waals surface area contributed by atoms with Crippen molar-refractivity contribution in [1.29, 1.82) is 0 Å². The third-order valence-electron chi connectivity index (χ3n) is 2.54. The van der Waals surface area contributed by atoms with E-state index in [1.807, 2.05) is 12.1 Å². The van der Waals surface area contributed by atoms with Gasteiger partial charge in [0.25, 0.3) is 0 Å². The van der Waals surface area contributed by atoms with E-state index in [9.17, 15) is 0 Å². The number of anilines is 1. The van der Waals surface area contributed by atoms with Crippen molar-refractivity contribution in [2.75, 3.05) is 16.2 Å². The lowest BCUT2D eigenvalue weighted by atomic mass is 10.2. The number of rotatable bonds is 6. The Morgan fingerprint density at radius 3 is 2.94 bits per heavy atom. The van der Waals surface area contributed by atoms with Gasteiger partial charge in [-0.05, 0) is 18.9 Å². The van der Waals surface area contributed by atoms with Gasteiger partial charge in [0.1, 0.15) is 5.15 Å². The smallest absolute Gasteiger partial charge is 0.131 e. The van der Waals surface area contributed by atoms with Crippen LogP contribution in [0.3, 0.4) is 0 Å². The Morgan fingerprint density at radius 2 is 2.17 bits per heavy atom. The normalized spacial score (nSPS) is 14.6. The summed E-state index contributed by atoms with van der Waals surface area (Å²) in [5.74, 6) is 0. The Hall–Kier alpha value is -0.390. The summed E-state index contributed by atoms with van der Waals surface area (Å²) in [7, 11) is 0. The quantitative estimate of drug-likeness (QED) is 0.327. The first kappa shape index (κ1) is 14.0. The Balaban J connectivity index is 1.80. The zero-order valence-corrected chi connectivity index (χ0v) is 13.1. The van der Waals surface area contributed by atoms with Crippen LogP contribution in [0.1, 0.15) is 19.3 Å². The van der Waals surface area contributed by atoms with E-state index in [4.69, 9.17) is 11.6 Å². The lowest BCUT2D eigenvalue weighted by Crippen LogP contribution is -2.11.